The topological polar surface area (TPSA) is 89.3 Å². The van der Waals surface area contributed by atoms with Crippen LogP contribution in [-0.2, 0) is 11.2 Å². The first kappa shape index (κ1) is 23.1. The van der Waals surface area contributed by atoms with Crippen molar-refractivity contribution in [2.24, 2.45) is 5.41 Å². The Bertz CT molecular complexity index is 885. The maximum absolute atomic E-state index is 12.3. The molecule has 6 nitrogen and oxygen atoms in total. The van der Waals surface area contributed by atoms with Crippen molar-refractivity contribution in [1.29, 1.82) is 5.26 Å². The zero-order valence-corrected chi connectivity index (χ0v) is 17.8. The van der Waals surface area contributed by atoms with Crippen molar-refractivity contribution in [3.05, 3.63) is 53.9 Å². The molecule has 0 bridgehead atoms. The number of aromatic nitrogens is 1. The predicted molar refractivity (Wildman–Crippen MR) is 113 cm³/mol. The van der Waals surface area contributed by atoms with Crippen molar-refractivity contribution in [1.82, 2.24) is 4.98 Å². The lowest BCUT2D eigenvalue weighted by Gasteiger charge is -2.17. The summed E-state index contributed by atoms with van der Waals surface area (Å²) in [5.41, 5.74) is 0.139. The summed E-state index contributed by atoms with van der Waals surface area (Å²) in [6.07, 6.45) is 7.75. The standard InChI is InChI=1S/C24H28N2O4/c1-4-6-7-8-9-18-10-15-21(26-16-18)22(27)29-19-11-13-20(14-12-19)30-23(28)24(3,5-2)17-25/h10-16H,4-9H2,1-3H3. The van der Waals surface area contributed by atoms with Gasteiger partial charge < -0.3 is 9.47 Å². The number of hydrogen-bond acceptors (Lipinski definition) is 6. The normalized spacial score (nSPS) is 12.5. The summed E-state index contributed by atoms with van der Waals surface area (Å²) < 4.78 is 10.6. The Morgan fingerprint density at radius 1 is 1.00 bits per heavy atom. The number of carbonyl (C=O) groups excluding carboxylic acids is 2. The molecule has 2 aromatic rings. The maximum atomic E-state index is 12.3. The van der Waals surface area contributed by atoms with Gasteiger partial charge in [-0.3, -0.25) is 0 Å². The summed E-state index contributed by atoms with van der Waals surface area (Å²) in [6, 6.07) is 11.6. The first-order chi connectivity index (χ1) is 14.4. The highest BCUT2D eigenvalue weighted by molar-refractivity contribution is 5.89. The Kier molecular flexibility index (Phi) is 8.54. The van der Waals surface area contributed by atoms with Crippen molar-refractivity contribution in [2.45, 2.75) is 59.3 Å². The number of ether oxygens (including phenoxy) is 2. The second kappa shape index (κ2) is 11.1. The van der Waals surface area contributed by atoms with Gasteiger partial charge in [0.1, 0.15) is 17.2 Å². The van der Waals surface area contributed by atoms with Crippen LogP contribution >= 0.6 is 0 Å². The van der Waals surface area contributed by atoms with Gasteiger partial charge >= 0.3 is 11.9 Å². The minimum Gasteiger partial charge on any atom is -0.425 e. The smallest absolute Gasteiger partial charge is 0.362 e. The Labute approximate surface area is 177 Å². The van der Waals surface area contributed by atoms with Crippen LogP contribution in [0.15, 0.2) is 42.6 Å². The van der Waals surface area contributed by atoms with Gasteiger partial charge in [-0.2, -0.15) is 5.26 Å². The van der Waals surface area contributed by atoms with Gasteiger partial charge in [0.05, 0.1) is 6.07 Å². The molecule has 30 heavy (non-hydrogen) atoms. The SMILES string of the molecule is CCCCCCc1ccc(C(=O)Oc2ccc(OC(=O)C(C)(C#N)CC)cc2)nc1. The van der Waals surface area contributed by atoms with Crippen LogP contribution in [0.1, 0.15) is 68.9 Å². The quantitative estimate of drug-likeness (QED) is 0.302. The molecule has 0 aliphatic rings. The Balaban J connectivity index is 1.91. The number of carbonyl (C=O) groups is 2. The number of nitrogens with zero attached hydrogens (tertiary/aromatic N) is 2. The number of aryl methyl sites for hydroxylation is 1. The molecular weight excluding hydrogens is 380 g/mol. The van der Waals surface area contributed by atoms with Gasteiger partial charge in [-0.15, -0.1) is 0 Å². The van der Waals surface area contributed by atoms with Gasteiger partial charge in [-0.1, -0.05) is 39.2 Å². The summed E-state index contributed by atoms with van der Waals surface area (Å²) in [5.74, 6) is -0.583. The molecule has 0 amide bonds. The van der Waals surface area contributed by atoms with E-state index in [9.17, 15) is 9.59 Å². The predicted octanol–water partition coefficient (Wildman–Crippen LogP) is 5.27. The van der Waals surface area contributed by atoms with E-state index in [1.54, 1.807) is 19.2 Å². The third-order valence-electron chi connectivity index (χ3n) is 5.00. The molecule has 0 fully saturated rings. The van der Waals surface area contributed by atoms with Gasteiger partial charge in [-0.25, -0.2) is 14.6 Å². The average Bonchev–Trinajstić information content (AvgIpc) is 2.77. The van der Waals surface area contributed by atoms with E-state index in [1.807, 2.05) is 12.1 Å². The highest BCUT2D eigenvalue weighted by Crippen LogP contribution is 2.25. The van der Waals surface area contributed by atoms with Crippen molar-refractivity contribution in [2.75, 3.05) is 0 Å². The average molecular weight is 408 g/mol. The lowest BCUT2D eigenvalue weighted by Crippen LogP contribution is -2.29. The molecule has 1 unspecified atom stereocenters. The number of esters is 2. The fourth-order valence-corrected chi connectivity index (χ4v) is 2.67. The maximum Gasteiger partial charge on any atom is 0.362 e. The molecule has 1 heterocycles. The number of pyridine rings is 1. The zero-order valence-electron chi connectivity index (χ0n) is 17.8. The summed E-state index contributed by atoms with van der Waals surface area (Å²) >= 11 is 0. The molecule has 1 aromatic heterocycles. The number of benzene rings is 1. The fraction of sp³-hybridized carbons (Fsp3) is 0.417. The van der Waals surface area contributed by atoms with E-state index in [2.05, 4.69) is 11.9 Å². The minimum absolute atomic E-state index is 0.232. The molecule has 0 radical (unpaired) electrons. The fourth-order valence-electron chi connectivity index (χ4n) is 2.67. The molecule has 0 aliphatic heterocycles. The molecule has 0 aliphatic carbocycles. The lowest BCUT2D eigenvalue weighted by molar-refractivity contribution is -0.141. The van der Waals surface area contributed by atoms with Gasteiger partial charge in [0, 0.05) is 6.20 Å². The van der Waals surface area contributed by atoms with Gasteiger partial charge in [0.15, 0.2) is 5.41 Å². The summed E-state index contributed by atoms with van der Waals surface area (Å²) in [5, 5.41) is 9.15. The van der Waals surface area contributed by atoms with Crippen LogP contribution in [0.5, 0.6) is 11.5 Å². The van der Waals surface area contributed by atoms with Crippen LogP contribution in [0, 0.1) is 16.7 Å². The molecule has 0 saturated carbocycles. The van der Waals surface area contributed by atoms with Gasteiger partial charge in [0.2, 0.25) is 0 Å². The van der Waals surface area contributed by atoms with Crippen LogP contribution in [-0.4, -0.2) is 16.9 Å². The Morgan fingerprint density at radius 3 is 2.20 bits per heavy atom. The van der Waals surface area contributed by atoms with E-state index in [0.29, 0.717) is 12.2 Å². The van der Waals surface area contributed by atoms with E-state index in [-0.39, 0.29) is 11.4 Å². The Morgan fingerprint density at radius 2 is 1.67 bits per heavy atom. The van der Waals surface area contributed by atoms with Gasteiger partial charge in [0.25, 0.3) is 0 Å². The third-order valence-corrected chi connectivity index (χ3v) is 5.00. The third kappa shape index (κ3) is 6.41. The Hall–Kier alpha value is -3.20. The molecule has 1 atom stereocenters. The molecular formula is C24H28N2O4. The van der Waals surface area contributed by atoms with Crippen LogP contribution in [0.25, 0.3) is 0 Å². The van der Waals surface area contributed by atoms with E-state index in [1.165, 1.54) is 50.5 Å². The monoisotopic (exact) mass is 408 g/mol. The van der Waals surface area contributed by atoms with Crippen LogP contribution in [0.3, 0.4) is 0 Å². The highest BCUT2D eigenvalue weighted by atomic mass is 16.5. The van der Waals surface area contributed by atoms with Crippen LogP contribution < -0.4 is 9.47 Å². The number of hydrogen-bond donors (Lipinski definition) is 0. The van der Waals surface area contributed by atoms with Crippen molar-refractivity contribution in [3.63, 3.8) is 0 Å². The second-order valence-electron chi connectivity index (χ2n) is 7.41. The lowest BCUT2D eigenvalue weighted by atomic mass is 9.90. The van der Waals surface area contributed by atoms with Crippen molar-refractivity contribution >= 4 is 11.9 Å². The van der Waals surface area contributed by atoms with E-state index < -0.39 is 17.4 Å². The van der Waals surface area contributed by atoms with Gasteiger partial charge in [-0.05, 0) is 62.1 Å². The van der Waals surface area contributed by atoms with E-state index in [4.69, 9.17) is 14.7 Å². The second-order valence-corrected chi connectivity index (χ2v) is 7.41. The molecule has 0 N–H and O–H groups in total. The van der Waals surface area contributed by atoms with E-state index >= 15 is 0 Å². The molecule has 2 rings (SSSR count). The molecule has 0 spiro atoms. The highest BCUT2D eigenvalue weighted by Gasteiger charge is 2.33. The molecule has 6 heteroatoms. The minimum atomic E-state index is -1.20. The van der Waals surface area contributed by atoms with Crippen LogP contribution in [0.4, 0.5) is 0 Å². The molecule has 0 saturated heterocycles. The first-order valence-electron chi connectivity index (χ1n) is 10.3. The molecule has 1 aromatic carbocycles. The van der Waals surface area contributed by atoms with Crippen molar-refractivity contribution < 1.29 is 19.1 Å². The number of rotatable bonds is 10. The first-order valence-corrected chi connectivity index (χ1v) is 10.3. The van der Waals surface area contributed by atoms with Crippen LogP contribution in [0.2, 0.25) is 0 Å². The summed E-state index contributed by atoms with van der Waals surface area (Å²) in [6.45, 7) is 5.47. The van der Waals surface area contributed by atoms with E-state index in [0.717, 1.165) is 18.4 Å². The largest absolute Gasteiger partial charge is 0.425 e. The number of unbranched alkanes of at least 4 members (excludes halogenated alkanes) is 3. The summed E-state index contributed by atoms with van der Waals surface area (Å²) in [4.78, 5) is 28.6. The van der Waals surface area contributed by atoms with Crippen molar-refractivity contribution in [3.8, 4) is 17.6 Å². The zero-order chi connectivity index (χ0) is 22.0. The molecule has 158 valence electrons. The summed E-state index contributed by atoms with van der Waals surface area (Å²) in [7, 11) is 0. The number of nitriles is 1.